The zero-order valence-corrected chi connectivity index (χ0v) is 9.86. The van der Waals surface area contributed by atoms with Crippen LogP contribution in [0.2, 0.25) is 0 Å². The molecule has 0 N–H and O–H groups in total. The zero-order chi connectivity index (χ0) is 10.7. The van der Waals surface area contributed by atoms with Crippen LogP contribution in [0.25, 0.3) is 0 Å². The van der Waals surface area contributed by atoms with Crippen molar-refractivity contribution < 1.29 is 4.74 Å². The number of aromatic nitrogens is 1. The largest absolute Gasteiger partial charge is 0.456 e. The monoisotopic (exact) mass is 263 g/mol. The van der Waals surface area contributed by atoms with Gasteiger partial charge in [0.1, 0.15) is 11.5 Å². The van der Waals surface area contributed by atoms with Gasteiger partial charge in [0.05, 0.1) is 6.20 Å². The summed E-state index contributed by atoms with van der Waals surface area (Å²) in [5.41, 5.74) is 1.22. The molecule has 0 amide bonds. The van der Waals surface area contributed by atoms with E-state index in [2.05, 4.69) is 20.9 Å². The summed E-state index contributed by atoms with van der Waals surface area (Å²) >= 11 is 3.34. The van der Waals surface area contributed by atoms with E-state index in [1.807, 2.05) is 37.3 Å². The second-order valence-electron chi connectivity index (χ2n) is 3.25. The van der Waals surface area contributed by atoms with Crippen molar-refractivity contribution in [2.45, 2.75) is 6.92 Å². The van der Waals surface area contributed by atoms with Gasteiger partial charge in [0.15, 0.2) is 0 Å². The maximum absolute atomic E-state index is 5.62. The fourth-order valence-electron chi connectivity index (χ4n) is 1.19. The van der Waals surface area contributed by atoms with Crippen LogP contribution in [0, 0.1) is 6.92 Å². The summed E-state index contributed by atoms with van der Waals surface area (Å²) in [5, 5.41) is 0. The molecular weight excluding hydrogens is 254 g/mol. The summed E-state index contributed by atoms with van der Waals surface area (Å²) in [7, 11) is 0. The number of halogens is 1. The Kier molecular flexibility index (Phi) is 3.02. The Labute approximate surface area is 97.1 Å². The van der Waals surface area contributed by atoms with Crippen LogP contribution < -0.4 is 4.74 Å². The van der Waals surface area contributed by atoms with Crippen molar-refractivity contribution in [1.29, 1.82) is 0 Å². The number of rotatable bonds is 2. The topological polar surface area (TPSA) is 22.1 Å². The van der Waals surface area contributed by atoms with E-state index in [9.17, 15) is 0 Å². The van der Waals surface area contributed by atoms with E-state index in [1.54, 1.807) is 12.4 Å². The molecule has 76 valence electrons. The second-order valence-corrected chi connectivity index (χ2v) is 4.17. The van der Waals surface area contributed by atoms with Gasteiger partial charge in [-0.25, -0.2) is 0 Å². The van der Waals surface area contributed by atoms with Gasteiger partial charge in [0, 0.05) is 10.7 Å². The number of aryl methyl sites for hydroxylation is 1. The van der Waals surface area contributed by atoms with Crippen molar-refractivity contribution >= 4 is 15.9 Å². The van der Waals surface area contributed by atoms with Crippen molar-refractivity contribution in [2.24, 2.45) is 0 Å². The lowest BCUT2D eigenvalue weighted by Crippen LogP contribution is -1.85. The average molecular weight is 264 g/mol. The van der Waals surface area contributed by atoms with Crippen LogP contribution in [0.3, 0.4) is 0 Å². The minimum atomic E-state index is 0.730. The minimum Gasteiger partial charge on any atom is -0.456 e. The molecule has 0 aliphatic carbocycles. The number of benzene rings is 1. The fourth-order valence-corrected chi connectivity index (χ4v) is 1.53. The number of nitrogens with zero attached hydrogens (tertiary/aromatic N) is 1. The number of hydrogen-bond acceptors (Lipinski definition) is 2. The molecule has 0 saturated heterocycles. The highest BCUT2D eigenvalue weighted by molar-refractivity contribution is 9.10. The molecule has 0 spiro atoms. The normalized spacial score (nSPS) is 10.0. The average Bonchev–Trinajstić information content (AvgIpc) is 2.22. The Morgan fingerprint density at radius 3 is 2.47 bits per heavy atom. The van der Waals surface area contributed by atoms with E-state index in [1.165, 1.54) is 5.56 Å². The molecule has 2 rings (SSSR count). The van der Waals surface area contributed by atoms with Crippen molar-refractivity contribution in [1.82, 2.24) is 4.98 Å². The predicted octanol–water partition coefficient (Wildman–Crippen LogP) is 3.94. The smallest absolute Gasteiger partial charge is 0.146 e. The summed E-state index contributed by atoms with van der Waals surface area (Å²) < 4.78 is 6.53. The van der Waals surface area contributed by atoms with Crippen molar-refractivity contribution in [2.75, 3.05) is 0 Å². The maximum Gasteiger partial charge on any atom is 0.146 e. The van der Waals surface area contributed by atoms with E-state index in [4.69, 9.17) is 4.74 Å². The van der Waals surface area contributed by atoms with E-state index in [0.29, 0.717) is 0 Å². The lowest BCUT2D eigenvalue weighted by atomic mass is 10.2. The van der Waals surface area contributed by atoms with Crippen LogP contribution in [0.5, 0.6) is 11.5 Å². The van der Waals surface area contributed by atoms with E-state index in [0.717, 1.165) is 16.0 Å². The first kappa shape index (κ1) is 10.2. The van der Waals surface area contributed by atoms with Crippen molar-refractivity contribution in [3.05, 3.63) is 52.8 Å². The van der Waals surface area contributed by atoms with Crippen LogP contribution in [-0.4, -0.2) is 4.98 Å². The minimum absolute atomic E-state index is 0.730. The molecular formula is C12H10BrNO. The maximum atomic E-state index is 5.62. The summed E-state index contributed by atoms with van der Waals surface area (Å²) in [6.07, 6.45) is 3.41. The van der Waals surface area contributed by atoms with E-state index >= 15 is 0 Å². The Balaban J connectivity index is 2.18. The Bertz CT molecular complexity index is 453. The fraction of sp³-hybridized carbons (Fsp3) is 0.0833. The molecule has 0 aliphatic heterocycles. The van der Waals surface area contributed by atoms with Crippen LogP contribution >= 0.6 is 15.9 Å². The molecule has 0 saturated carbocycles. The molecule has 0 bridgehead atoms. The predicted molar refractivity (Wildman–Crippen MR) is 63.2 cm³/mol. The molecule has 0 atom stereocenters. The van der Waals surface area contributed by atoms with Gasteiger partial charge >= 0.3 is 0 Å². The molecule has 1 aromatic heterocycles. The summed E-state index contributed by atoms with van der Waals surface area (Å²) in [6, 6.07) is 9.79. The van der Waals surface area contributed by atoms with E-state index in [-0.39, 0.29) is 0 Å². The first-order valence-electron chi connectivity index (χ1n) is 4.59. The van der Waals surface area contributed by atoms with Gasteiger partial charge < -0.3 is 4.74 Å². The van der Waals surface area contributed by atoms with Crippen LogP contribution in [-0.2, 0) is 0 Å². The van der Waals surface area contributed by atoms with Crippen LogP contribution in [0.15, 0.2) is 47.2 Å². The SMILES string of the molecule is Cc1ccc(Oc2cncc(Br)c2)cc1. The summed E-state index contributed by atoms with van der Waals surface area (Å²) in [4.78, 5) is 4.03. The molecule has 0 fully saturated rings. The quantitative estimate of drug-likeness (QED) is 0.819. The standard InChI is InChI=1S/C12H10BrNO/c1-9-2-4-11(5-3-9)15-12-6-10(13)7-14-8-12/h2-8H,1H3. The zero-order valence-electron chi connectivity index (χ0n) is 8.27. The molecule has 3 heteroatoms. The summed E-state index contributed by atoms with van der Waals surface area (Å²) in [6.45, 7) is 2.05. The molecule has 2 aromatic rings. The van der Waals surface area contributed by atoms with Gasteiger partial charge in [-0.15, -0.1) is 0 Å². The van der Waals surface area contributed by atoms with Crippen molar-refractivity contribution in [3.63, 3.8) is 0 Å². The number of pyridine rings is 1. The highest BCUT2D eigenvalue weighted by Gasteiger charge is 1.97. The lowest BCUT2D eigenvalue weighted by molar-refractivity contribution is 0.480. The molecule has 1 heterocycles. The van der Waals surface area contributed by atoms with Gasteiger partial charge in [-0.05, 0) is 41.1 Å². The van der Waals surface area contributed by atoms with Crippen molar-refractivity contribution in [3.8, 4) is 11.5 Å². The number of ether oxygens (including phenoxy) is 1. The van der Waals surface area contributed by atoms with Gasteiger partial charge in [0.2, 0.25) is 0 Å². The van der Waals surface area contributed by atoms with Crippen LogP contribution in [0.1, 0.15) is 5.56 Å². The highest BCUT2D eigenvalue weighted by Crippen LogP contribution is 2.23. The molecule has 0 aliphatic rings. The Morgan fingerprint density at radius 2 is 1.80 bits per heavy atom. The molecule has 15 heavy (non-hydrogen) atoms. The van der Waals surface area contributed by atoms with Crippen LogP contribution in [0.4, 0.5) is 0 Å². The third kappa shape index (κ3) is 2.80. The molecule has 1 aromatic carbocycles. The van der Waals surface area contributed by atoms with Gasteiger partial charge in [0.25, 0.3) is 0 Å². The third-order valence-electron chi connectivity index (χ3n) is 1.94. The van der Waals surface area contributed by atoms with Gasteiger partial charge in [-0.1, -0.05) is 17.7 Å². The third-order valence-corrected chi connectivity index (χ3v) is 2.37. The first-order chi connectivity index (χ1) is 7.24. The molecule has 2 nitrogen and oxygen atoms in total. The highest BCUT2D eigenvalue weighted by atomic mass is 79.9. The lowest BCUT2D eigenvalue weighted by Gasteiger charge is -2.05. The molecule has 0 unspecified atom stereocenters. The Morgan fingerprint density at radius 1 is 1.07 bits per heavy atom. The number of hydrogen-bond donors (Lipinski definition) is 0. The summed E-state index contributed by atoms with van der Waals surface area (Å²) in [5.74, 6) is 1.55. The molecule has 0 radical (unpaired) electrons. The van der Waals surface area contributed by atoms with E-state index < -0.39 is 0 Å². The second kappa shape index (κ2) is 4.45. The first-order valence-corrected chi connectivity index (χ1v) is 5.38. The Hall–Kier alpha value is -1.35. The van der Waals surface area contributed by atoms with Gasteiger partial charge in [-0.3, -0.25) is 4.98 Å². The van der Waals surface area contributed by atoms with Gasteiger partial charge in [-0.2, -0.15) is 0 Å².